The Morgan fingerprint density at radius 2 is 2.15 bits per heavy atom. The van der Waals surface area contributed by atoms with Crippen molar-refractivity contribution in [2.75, 3.05) is 12.1 Å². The molecule has 5 nitrogen and oxygen atoms in total. The van der Waals surface area contributed by atoms with Crippen LogP contribution < -0.4 is 14.8 Å². The molecule has 2 heterocycles. The predicted molar refractivity (Wildman–Crippen MR) is 73.6 cm³/mol. The number of pyridine rings is 1. The monoisotopic (exact) mass is 267 g/mol. The van der Waals surface area contributed by atoms with E-state index in [1.807, 2.05) is 25.1 Å². The van der Waals surface area contributed by atoms with Crippen LogP contribution in [0.2, 0.25) is 0 Å². The topological polar surface area (TPSA) is 67.2 Å². The van der Waals surface area contributed by atoms with Crippen molar-refractivity contribution in [2.45, 2.75) is 13.0 Å². The molecule has 1 unspecified atom stereocenters. The maximum atomic E-state index is 9.06. The molecule has 0 aliphatic carbocycles. The predicted octanol–water partition coefficient (Wildman–Crippen LogP) is 2.86. The third kappa shape index (κ3) is 2.24. The Morgan fingerprint density at radius 3 is 3.00 bits per heavy atom. The second-order valence-corrected chi connectivity index (χ2v) is 4.49. The summed E-state index contributed by atoms with van der Waals surface area (Å²) in [5.41, 5.74) is 1.57. The lowest BCUT2D eigenvalue weighted by atomic mass is 10.1. The van der Waals surface area contributed by atoms with Crippen molar-refractivity contribution in [3.05, 3.63) is 47.7 Å². The van der Waals surface area contributed by atoms with Crippen LogP contribution in [-0.2, 0) is 0 Å². The van der Waals surface area contributed by atoms with Gasteiger partial charge in [0.15, 0.2) is 11.5 Å². The molecule has 100 valence electrons. The van der Waals surface area contributed by atoms with E-state index >= 15 is 0 Å². The summed E-state index contributed by atoms with van der Waals surface area (Å²) in [6.45, 7) is 2.27. The number of nitrogens with zero attached hydrogens (tertiary/aromatic N) is 2. The fraction of sp³-hybridized carbons (Fsp3) is 0.200. The standard InChI is InChI=1S/C15H13N3O2/c1-10(18-15-12(8-16)3-2-6-17-15)11-4-5-13-14(7-11)20-9-19-13/h2-7,10H,9H2,1H3,(H,17,18). The van der Waals surface area contributed by atoms with Gasteiger partial charge in [-0.3, -0.25) is 0 Å². The van der Waals surface area contributed by atoms with Gasteiger partial charge >= 0.3 is 0 Å². The molecule has 5 heteroatoms. The van der Waals surface area contributed by atoms with Crippen LogP contribution in [0.15, 0.2) is 36.5 Å². The molecular formula is C15H13N3O2. The van der Waals surface area contributed by atoms with E-state index in [1.54, 1.807) is 18.3 Å². The van der Waals surface area contributed by atoms with Crippen molar-refractivity contribution in [3.63, 3.8) is 0 Å². The van der Waals surface area contributed by atoms with Crippen LogP contribution in [0.25, 0.3) is 0 Å². The van der Waals surface area contributed by atoms with Crippen LogP contribution in [0.5, 0.6) is 11.5 Å². The maximum Gasteiger partial charge on any atom is 0.231 e. The van der Waals surface area contributed by atoms with Gasteiger partial charge < -0.3 is 14.8 Å². The van der Waals surface area contributed by atoms with Gasteiger partial charge in [0.2, 0.25) is 6.79 Å². The summed E-state index contributed by atoms with van der Waals surface area (Å²) < 4.78 is 10.7. The van der Waals surface area contributed by atoms with Crippen LogP contribution >= 0.6 is 0 Å². The van der Waals surface area contributed by atoms with E-state index in [2.05, 4.69) is 16.4 Å². The maximum absolute atomic E-state index is 9.06. The van der Waals surface area contributed by atoms with Gasteiger partial charge in [-0.05, 0) is 36.8 Å². The highest BCUT2D eigenvalue weighted by Crippen LogP contribution is 2.34. The van der Waals surface area contributed by atoms with E-state index in [-0.39, 0.29) is 12.8 Å². The van der Waals surface area contributed by atoms with Crippen molar-refractivity contribution in [2.24, 2.45) is 0 Å². The van der Waals surface area contributed by atoms with Gasteiger partial charge in [-0.25, -0.2) is 4.98 Å². The summed E-state index contributed by atoms with van der Waals surface area (Å²) in [6.07, 6.45) is 1.66. The summed E-state index contributed by atoms with van der Waals surface area (Å²) in [5, 5.41) is 12.3. The van der Waals surface area contributed by atoms with E-state index in [4.69, 9.17) is 14.7 Å². The van der Waals surface area contributed by atoms with Crippen molar-refractivity contribution in [1.82, 2.24) is 4.98 Å². The number of aromatic nitrogens is 1. The Labute approximate surface area is 116 Å². The van der Waals surface area contributed by atoms with Gasteiger partial charge in [0.05, 0.1) is 11.6 Å². The fourth-order valence-corrected chi connectivity index (χ4v) is 2.08. The lowest BCUT2D eigenvalue weighted by Crippen LogP contribution is -2.09. The molecule has 2 aromatic rings. The molecule has 0 saturated heterocycles. The molecule has 0 amide bonds. The number of anilines is 1. The van der Waals surface area contributed by atoms with Gasteiger partial charge in [0.1, 0.15) is 11.9 Å². The molecule has 1 aliphatic heterocycles. The normalized spacial score (nSPS) is 13.6. The quantitative estimate of drug-likeness (QED) is 0.926. The third-order valence-electron chi connectivity index (χ3n) is 3.18. The summed E-state index contributed by atoms with van der Waals surface area (Å²) in [4.78, 5) is 4.20. The highest BCUT2D eigenvalue weighted by atomic mass is 16.7. The first-order chi connectivity index (χ1) is 9.78. The van der Waals surface area contributed by atoms with Gasteiger partial charge in [0, 0.05) is 6.20 Å². The number of hydrogen-bond acceptors (Lipinski definition) is 5. The SMILES string of the molecule is CC(Nc1ncccc1C#N)c1ccc2c(c1)OCO2. The Morgan fingerprint density at radius 1 is 1.30 bits per heavy atom. The van der Waals surface area contributed by atoms with Crippen LogP contribution in [0.4, 0.5) is 5.82 Å². The van der Waals surface area contributed by atoms with Crippen molar-refractivity contribution in [1.29, 1.82) is 5.26 Å². The molecule has 1 aromatic carbocycles. The summed E-state index contributed by atoms with van der Waals surface area (Å²) in [5.74, 6) is 2.09. The first kappa shape index (κ1) is 12.3. The minimum atomic E-state index is 0.00602. The molecule has 20 heavy (non-hydrogen) atoms. The van der Waals surface area contributed by atoms with E-state index in [0.29, 0.717) is 11.4 Å². The van der Waals surface area contributed by atoms with E-state index in [1.165, 1.54) is 0 Å². The molecule has 0 bridgehead atoms. The molecule has 1 atom stereocenters. The number of nitrogens with one attached hydrogen (secondary N) is 1. The molecular weight excluding hydrogens is 254 g/mol. The Kier molecular flexibility index (Phi) is 3.13. The smallest absolute Gasteiger partial charge is 0.231 e. The van der Waals surface area contributed by atoms with Gasteiger partial charge in [-0.1, -0.05) is 6.07 Å². The van der Waals surface area contributed by atoms with Crippen LogP contribution in [0, 0.1) is 11.3 Å². The van der Waals surface area contributed by atoms with Crippen molar-refractivity contribution in [3.8, 4) is 17.6 Å². The molecule has 0 spiro atoms. The minimum Gasteiger partial charge on any atom is -0.454 e. The number of rotatable bonds is 3. The first-order valence-corrected chi connectivity index (χ1v) is 6.29. The molecule has 1 aliphatic rings. The number of nitriles is 1. The third-order valence-corrected chi connectivity index (χ3v) is 3.18. The second-order valence-electron chi connectivity index (χ2n) is 4.49. The molecule has 1 N–H and O–H groups in total. The van der Waals surface area contributed by atoms with E-state index in [0.717, 1.165) is 17.1 Å². The van der Waals surface area contributed by atoms with Gasteiger partial charge in [-0.15, -0.1) is 0 Å². The largest absolute Gasteiger partial charge is 0.454 e. The van der Waals surface area contributed by atoms with Crippen molar-refractivity contribution < 1.29 is 9.47 Å². The summed E-state index contributed by atoms with van der Waals surface area (Å²) in [7, 11) is 0. The minimum absolute atomic E-state index is 0.00602. The summed E-state index contributed by atoms with van der Waals surface area (Å²) >= 11 is 0. The average molecular weight is 267 g/mol. The fourth-order valence-electron chi connectivity index (χ4n) is 2.08. The molecule has 0 saturated carbocycles. The number of fused-ring (bicyclic) bond motifs is 1. The Bertz CT molecular complexity index is 679. The zero-order chi connectivity index (χ0) is 13.9. The number of benzene rings is 1. The summed E-state index contributed by atoms with van der Waals surface area (Å²) in [6, 6.07) is 11.4. The average Bonchev–Trinajstić information content (AvgIpc) is 2.95. The molecule has 3 rings (SSSR count). The highest BCUT2D eigenvalue weighted by molar-refractivity contribution is 5.53. The highest BCUT2D eigenvalue weighted by Gasteiger charge is 2.16. The second kappa shape index (κ2) is 5.10. The lowest BCUT2D eigenvalue weighted by molar-refractivity contribution is 0.174. The number of hydrogen-bond donors (Lipinski definition) is 1. The molecule has 0 radical (unpaired) electrons. The van der Waals surface area contributed by atoms with E-state index in [9.17, 15) is 0 Å². The lowest BCUT2D eigenvalue weighted by Gasteiger charge is -2.16. The van der Waals surface area contributed by atoms with Gasteiger partial charge in [-0.2, -0.15) is 5.26 Å². The molecule has 0 fully saturated rings. The van der Waals surface area contributed by atoms with Crippen molar-refractivity contribution >= 4 is 5.82 Å². The van der Waals surface area contributed by atoms with Crippen LogP contribution in [0.1, 0.15) is 24.1 Å². The van der Waals surface area contributed by atoms with Gasteiger partial charge in [0.25, 0.3) is 0 Å². The zero-order valence-corrected chi connectivity index (χ0v) is 11.0. The first-order valence-electron chi connectivity index (χ1n) is 6.29. The number of ether oxygens (including phenoxy) is 2. The van der Waals surface area contributed by atoms with E-state index < -0.39 is 0 Å². The zero-order valence-electron chi connectivity index (χ0n) is 11.0. The van der Waals surface area contributed by atoms with Crippen LogP contribution in [-0.4, -0.2) is 11.8 Å². The Balaban J connectivity index is 1.83. The Hall–Kier alpha value is -2.74. The molecule has 1 aromatic heterocycles. The van der Waals surface area contributed by atoms with Crippen LogP contribution in [0.3, 0.4) is 0 Å².